The quantitative estimate of drug-likeness (QED) is 0.540. The smallest absolute Gasteiger partial charge is 0.226 e. The highest BCUT2D eigenvalue weighted by atomic mass is 15.2. The van der Waals surface area contributed by atoms with Crippen molar-refractivity contribution in [3.63, 3.8) is 0 Å². The standard InChI is InChI=1S/C18H36.C3H6N6/c1-2-3-4-5-9-12-15-18-16-13-10-7-6-8-11-14-17-18;4-1-7-2(5)9-3(6)8-1/h18H,2-17H2,1H3;(H6,4,5,6,7,8,9). The molecule has 0 radical (unpaired) electrons. The predicted molar refractivity (Wildman–Crippen MR) is 116 cm³/mol. The third-order valence-corrected chi connectivity index (χ3v) is 5.38. The molecule has 0 aromatic carbocycles. The number of nitrogens with two attached hydrogens (primary N) is 3. The van der Waals surface area contributed by atoms with Crippen LogP contribution in [0.1, 0.15) is 110 Å². The Morgan fingerprint density at radius 3 is 1.52 bits per heavy atom. The lowest BCUT2D eigenvalue weighted by atomic mass is 9.88. The monoisotopic (exact) mass is 378 g/mol. The van der Waals surface area contributed by atoms with Crippen LogP contribution in [0.4, 0.5) is 17.8 Å². The normalized spacial score (nSPS) is 16.3. The molecule has 0 atom stereocenters. The second-order valence-corrected chi connectivity index (χ2v) is 7.88. The molecule has 6 heteroatoms. The van der Waals surface area contributed by atoms with Gasteiger partial charge in [0, 0.05) is 0 Å². The van der Waals surface area contributed by atoms with E-state index in [2.05, 4.69) is 21.9 Å². The van der Waals surface area contributed by atoms with Gasteiger partial charge in [0.25, 0.3) is 0 Å². The largest absolute Gasteiger partial charge is 0.368 e. The zero-order valence-corrected chi connectivity index (χ0v) is 17.5. The first-order chi connectivity index (χ1) is 13.1. The molecule has 0 unspecified atom stereocenters. The zero-order valence-electron chi connectivity index (χ0n) is 17.5. The number of hydrogen-bond donors (Lipinski definition) is 3. The highest BCUT2D eigenvalue weighted by Gasteiger charge is 2.09. The van der Waals surface area contributed by atoms with Crippen molar-refractivity contribution in [2.45, 2.75) is 110 Å². The van der Waals surface area contributed by atoms with Gasteiger partial charge in [-0.15, -0.1) is 0 Å². The zero-order chi connectivity index (χ0) is 19.7. The number of nitrogens with zero attached hydrogens (tertiary/aromatic N) is 3. The van der Waals surface area contributed by atoms with E-state index in [1.807, 2.05) is 0 Å². The molecule has 1 aromatic rings. The Bertz CT molecular complexity index is 419. The molecule has 1 heterocycles. The van der Waals surface area contributed by atoms with Gasteiger partial charge in [0.1, 0.15) is 0 Å². The molecule has 1 aromatic heterocycles. The maximum atomic E-state index is 5.14. The van der Waals surface area contributed by atoms with Gasteiger partial charge < -0.3 is 17.2 Å². The molecular weight excluding hydrogens is 336 g/mol. The van der Waals surface area contributed by atoms with Crippen LogP contribution in [0.25, 0.3) is 0 Å². The highest BCUT2D eigenvalue weighted by Crippen LogP contribution is 2.25. The van der Waals surface area contributed by atoms with E-state index in [0.29, 0.717) is 0 Å². The Morgan fingerprint density at radius 2 is 1.04 bits per heavy atom. The minimum Gasteiger partial charge on any atom is -0.368 e. The van der Waals surface area contributed by atoms with Gasteiger partial charge in [0.05, 0.1) is 0 Å². The van der Waals surface area contributed by atoms with Crippen LogP contribution in [0.2, 0.25) is 0 Å². The number of aromatic nitrogens is 3. The molecule has 0 spiro atoms. The van der Waals surface area contributed by atoms with Crippen molar-refractivity contribution in [3.8, 4) is 0 Å². The van der Waals surface area contributed by atoms with Gasteiger partial charge in [-0.05, 0) is 5.92 Å². The van der Waals surface area contributed by atoms with Crippen molar-refractivity contribution < 1.29 is 0 Å². The maximum absolute atomic E-state index is 5.14. The van der Waals surface area contributed by atoms with Crippen LogP contribution < -0.4 is 17.2 Å². The molecule has 156 valence electrons. The fraction of sp³-hybridized carbons (Fsp3) is 0.857. The third kappa shape index (κ3) is 13.3. The van der Waals surface area contributed by atoms with Gasteiger partial charge in [0.2, 0.25) is 17.8 Å². The van der Waals surface area contributed by atoms with Gasteiger partial charge >= 0.3 is 0 Å². The average Bonchev–Trinajstić information content (AvgIpc) is 2.62. The second-order valence-electron chi connectivity index (χ2n) is 7.88. The molecule has 6 N–H and O–H groups in total. The third-order valence-electron chi connectivity index (χ3n) is 5.38. The van der Waals surface area contributed by atoms with E-state index in [1.54, 1.807) is 0 Å². The fourth-order valence-electron chi connectivity index (χ4n) is 3.82. The Morgan fingerprint density at radius 1 is 0.630 bits per heavy atom. The summed E-state index contributed by atoms with van der Waals surface area (Å²) >= 11 is 0. The first-order valence-corrected chi connectivity index (χ1v) is 11.1. The summed E-state index contributed by atoms with van der Waals surface area (Å²) in [5.41, 5.74) is 15.4. The number of hydrogen-bond acceptors (Lipinski definition) is 6. The molecule has 1 aliphatic rings. The van der Waals surface area contributed by atoms with Crippen LogP contribution in [0.15, 0.2) is 0 Å². The number of nitrogen functional groups attached to an aromatic ring is 3. The lowest BCUT2D eigenvalue weighted by Gasteiger charge is -2.18. The first-order valence-electron chi connectivity index (χ1n) is 11.1. The molecule has 1 aliphatic carbocycles. The lowest BCUT2D eigenvalue weighted by molar-refractivity contribution is 0.356. The van der Waals surface area contributed by atoms with Gasteiger partial charge in [0.15, 0.2) is 0 Å². The minimum atomic E-state index is 0.0417. The second kappa shape index (κ2) is 15.5. The molecule has 1 fully saturated rings. The molecule has 2 rings (SSSR count). The van der Waals surface area contributed by atoms with E-state index in [9.17, 15) is 0 Å². The van der Waals surface area contributed by atoms with E-state index >= 15 is 0 Å². The Balaban J connectivity index is 0.000000337. The van der Waals surface area contributed by atoms with E-state index < -0.39 is 0 Å². The number of unbranched alkanes of at least 4 members (excludes halogenated alkanes) is 5. The first kappa shape index (κ1) is 23.4. The van der Waals surface area contributed by atoms with Gasteiger partial charge in [-0.3, -0.25) is 0 Å². The number of anilines is 3. The molecule has 27 heavy (non-hydrogen) atoms. The Kier molecular flexibility index (Phi) is 13.4. The molecular formula is C21H42N6. The summed E-state index contributed by atoms with van der Waals surface area (Å²) in [7, 11) is 0. The van der Waals surface area contributed by atoms with E-state index in [4.69, 9.17) is 17.2 Å². The van der Waals surface area contributed by atoms with Crippen LogP contribution in [0, 0.1) is 5.92 Å². The number of rotatable bonds is 7. The molecule has 0 bridgehead atoms. The van der Waals surface area contributed by atoms with Gasteiger partial charge in [-0.1, -0.05) is 110 Å². The van der Waals surface area contributed by atoms with Crippen molar-refractivity contribution in [2.24, 2.45) is 5.92 Å². The van der Waals surface area contributed by atoms with Crippen molar-refractivity contribution in [1.29, 1.82) is 0 Å². The van der Waals surface area contributed by atoms with Crippen LogP contribution in [-0.2, 0) is 0 Å². The Hall–Kier alpha value is -1.59. The van der Waals surface area contributed by atoms with E-state index in [-0.39, 0.29) is 17.8 Å². The van der Waals surface area contributed by atoms with Crippen LogP contribution in [-0.4, -0.2) is 15.0 Å². The van der Waals surface area contributed by atoms with Crippen LogP contribution in [0.5, 0.6) is 0 Å². The lowest BCUT2D eigenvalue weighted by Crippen LogP contribution is -2.05. The summed E-state index contributed by atoms with van der Waals surface area (Å²) in [5.74, 6) is 1.20. The minimum absolute atomic E-state index is 0.0417. The summed E-state index contributed by atoms with van der Waals surface area (Å²) in [6.07, 6.45) is 23.9. The molecule has 6 nitrogen and oxygen atoms in total. The fourth-order valence-corrected chi connectivity index (χ4v) is 3.82. The summed E-state index contributed by atoms with van der Waals surface area (Å²) < 4.78 is 0. The van der Waals surface area contributed by atoms with Crippen molar-refractivity contribution in [1.82, 2.24) is 15.0 Å². The summed E-state index contributed by atoms with van der Waals surface area (Å²) in [6, 6.07) is 0. The average molecular weight is 379 g/mol. The van der Waals surface area contributed by atoms with Crippen molar-refractivity contribution in [2.75, 3.05) is 17.2 Å². The molecule has 0 amide bonds. The SMILES string of the molecule is CCCCCCCCC1CCCCCCCCC1.Nc1nc(N)nc(N)n1. The predicted octanol–water partition coefficient (Wildman–Crippen LogP) is 5.50. The van der Waals surface area contributed by atoms with Crippen molar-refractivity contribution in [3.05, 3.63) is 0 Å². The maximum Gasteiger partial charge on any atom is 0.226 e. The highest BCUT2D eigenvalue weighted by molar-refractivity contribution is 5.33. The summed E-state index contributed by atoms with van der Waals surface area (Å²) in [6.45, 7) is 2.31. The van der Waals surface area contributed by atoms with E-state index in [1.165, 1.54) is 103 Å². The van der Waals surface area contributed by atoms with Crippen LogP contribution >= 0.6 is 0 Å². The van der Waals surface area contributed by atoms with Crippen molar-refractivity contribution >= 4 is 17.8 Å². The molecule has 0 saturated heterocycles. The molecule has 1 saturated carbocycles. The summed E-state index contributed by atoms with van der Waals surface area (Å²) in [4.78, 5) is 10.5. The topological polar surface area (TPSA) is 117 Å². The summed E-state index contributed by atoms with van der Waals surface area (Å²) in [5, 5.41) is 0. The van der Waals surface area contributed by atoms with Crippen LogP contribution in [0.3, 0.4) is 0 Å². The molecule has 0 aliphatic heterocycles. The van der Waals surface area contributed by atoms with E-state index in [0.717, 1.165) is 5.92 Å². The Labute approximate surface area is 166 Å². The van der Waals surface area contributed by atoms with Gasteiger partial charge in [-0.25, -0.2) is 0 Å². The van der Waals surface area contributed by atoms with Gasteiger partial charge in [-0.2, -0.15) is 15.0 Å².